The minimum Gasteiger partial charge on any atom is -0.391 e. The zero-order valence-corrected chi connectivity index (χ0v) is 14.2. The van der Waals surface area contributed by atoms with E-state index in [-0.39, 0.29) is 18.4 Å². The minimum absolute atomic E-state index is 0.188. The first-order chi connectivity index (χ1) is 11.4. The Morgan fingerprint density at radius 1 is 1.38 bits per heavy atom. The van der Waals surface area contributed by atoms with Crippen LogP contribution in [0.15, 0.2) is 18.2 Å². The standard InChI is InChI=1S/C18H23N3O3/c1-10-11(2)20-16-5-4-13(6-15(10)16)8-19-18(24)17-7-14(23)9-21(17)12(3)22/h4-6,14,17,20,23H,7-9H2,1-3H3,(H,19,24)/t14-,17-/m1/s1. The van der Waals surface area contributed by atoms with Crippen molar-refractivity contribution in [3.05, 3.63) is 35.0 Å². The Hall–Kier alpha value is -2.34. The number of H-pyrrole nitrogens is 1. The van der Waals surface area contributed by atoms with Gasteiger partial charge in [0.2, 0.25) is 11.8 Å². The number of amides is 2. The van der Waals surface area contributed by atoms with E-state index in [0.717, 1.165) is 22.2 Å². The summed E-state index contributed by atoms with van der Waals surface area (Å²) < 4.78 is 0. The lowest BCUT2D eigenvalue weighted by Crippen LogP contribution is -2.44. The highest BCUT2D eigenvalue weighted by Crippen LogP contribution is 2.23. The summed E-state index contributed by atoms with van der Waals surface area (Å²) in [7, 11) is 0. The molecule has 0 aliphatic carbocycles. The Bertz CT molecular complexity index is 796. The van der Waals surface area contributed by atoms with Gasteiger partial charge in [-0.05, 0) is 37.1 Å². The van der Waals surface area contributed by atoms with Crippen molar-refractivity contribution in [3.63, 3.8) is 0 Å². The SMILES string of the molecule is CC(=O)N1C[C@H](O)C[C@@H]1C(=O)NCc1ccc2[nH]c(C)c(C)c2c1. The maximum absolute atomic E-state index is 12.4. The number of hydrogen-bond donors (Lipinski definition) is 3. The van der Waals surface area contributed by atoms with Gasteiger partial charge in [0.1, 0.15) is 6.04 Å². The number of nitrogens with one attached hydrogen (secondary N) is 2. The van der Waals surface area contributed by atoms with E-state index in [1.165, 1.54) is 17.4 Å². The molecule has 3 rings (SSSR count). The van der Waals surface area contributed by atoms with Crippen LogP contribution < -0.4 is 5.32 Å². The minimum atomic E-state index is -0.633. The van der Waals surface area contributed by atoms with Crippen molar-refractivity contribution in [2.24, 2.45) is 0 Å². The highest BCUT2D eigenvalue weighted by atomic mass is 16.3. The van der Waals surface area contributed by atoms with Crippen molar-refractivity contribution < 1.29 is 14.7 Å². The lowest BCUT2D eigenvalue weighted by atomic mass is 10.1. The van der Waals surface area contributed by atoms with Gasteiger partial charge in [-0.3, -0.25) is 9.59 Å². The lowest BCUT2D eigenvalue weighted by molar-refractivity contribution is -0.137. The fourth-order valence-electron chi connectivity index (χ4n) is 3.34. The molecule has 24 heavy (non-hydrogen) atoms. The number of carbonyl (C=O) groups is 2. The summed E-state index contributed by atoms with van der Waals surface area (Å²) in [6.07, 6.45) is -0.341. The average Bonchev–Trinajstić information content (AvgIpc) is 3.06. The number of likely N-dealkylation sites (tertiary alicyclic amines) is 1. The number of nitrogens with zero attached hydrogens (tertiary/aromatic N) is 1. The van der Waals surface area contributed by atoms with Crippen LogP contribution in [-0.2, 0) is 16.1 Å². The zero-order valence-electron chi connectivity index (χ0n) is 14.2. The number of β-amino-alcohol motifs (C(OH)–C–C–N with tert-alkyl or cyclic N) is 1. The van der Waals surface area contributed by atoms with Crippen molar-refractivity contribution >= 4 is 22.7 Å². The van der Waals surface area contributed by atoms with Crippen LogP contribution in [0.1, 0.15) is 30.2 Å². The van der Waals surface area contributed by atoms with Crippen molar-refractivity contribution in [3.8, 4) is 0 Å². The summed E-state index contributed by atoms with van der Waals surface area (Å²) in [5.41, 5.74) is 4.44. The molecule has 2 aromatic rings. The Kier molecular flexibility index (Phi) is 4.32. The number of aliphatic hydroxyl groups is 1. The third-order valence-corrected chi connectivity index (χ3v) is 4.83. The van der Waals surface area contributed by atoms with E-state index >= 15 is 0 Å². The Labute approximate surface area is 140 Å². The van der Waals surface area contributed by atoms with Crippen LogP contribution in [0.2, 0.25) is 0 Å². The first-order valence-electron chi connectivity index (χ1n) is 8.17. The molecule has 0 bridgehead atoms. The number of hydrogen-bond acceptors (Lipinski definition) is 3. The maximum atomic E-state index is 12.4. The quantitative estimate of drug-likeness (QED) is 0.795. The van der Waals surface area contributed by atoms with Gasteiger partial charge >= 0.3 is 0 Å². The first-order valence-corrected chi connectivity index (χ1v) is 8.17. The largest absolute Gasteiger partial charge is 0.391 e. The number of aromatic amines is 1. The normalized spacial score (nSPS) is 20.6. The van der Waals surface area contributed by atoms with Crippen molar-refractivity contribution in [2.75, 3.05) is 6.54 Å². The van der Waals surface area contributed by atoms with Crippen LogP contribution in [0, 0.1) is 13.8 Å². The smallest absolute Gasteiger partial charge is 0.243 e. The number of rotatable bonds is 3. The van der Waals surface area contributed by atoms with Crippen LogP contribution in [0.25, 0.3) is 10.9 Å². The van der Waals surface area contributed by atoms with Gasteiger partial charge in [0, 0.05) is 43.0 Å². The fourth-order valence-corrected chi connectivity index (χ4v) is 3.34. The van der Waals surface area contributed by atoms with Crippen LogP contribution >= 0.6 is 0 Å². The number of fused-ring (bicyclic) bond motifs is 1. The number of aliphatic hydroxyl groups excluding tert-OH is 1. The lowest BCUT2D eigenvalue weighted by Gasteiger charge is -2.22. The van der Waals surface area contributed by atoms with Gasteiger partial charge in [0.25, 0.3) is 0 Å². The van der Waals surface area contributed by atoms with E-state index in [1.807, 2.05) is 19.1 Å². The van der Waals surface area contributed by atoms with Crippen LogP contribution in [-0.4, -0.2) is 45.5 Å². The van der Waals surface area contributed by atoms with E-state index in [9.17, 15) is 14.7 Å². The second-order valence-corrected chi connectivity index (χ2v) is 6.55. The van der Waals surface area contributed by atoms with Crippen molar-refractivity contribution in [2.45, 2.75) is 45.9 Å². The predicted octanol–water partition coefficient (Wildman–Crippen LogP) is 1.38. The highest BCUT2D eigenvalue weighted by molar-refractivity contribution is 5.88. The summed E-state index contributed by atoms with van der Waals surface area (Å²) >= 11 is 0. The predicted molar refractivity (Wildman–Crippen MR) is 91.4 cm³/mol. The van der Waals surface area contributed by atoms with E-state index < -0.39 is 12.1 Å². The molecule has 128 valence electrons. The summed E-state index contributed by atoms with van der Waals surface area (Å²) in [6, 6.07) is 5.47. The van der Waals surface area contributed by atoms with Crippen LogP contribution in [0.4, 0.5) is 0 Å². The van der Waals surface area contributed by atoms with E-state index in [2.05, 4.69) is 23.3 Å². The molecule has 2 atom stereocenters. The molecular weight excluding hydrogens is 306 g/mol. The second-order valence-electron chi connectivity index (χ2n) is 6.55. The maximum Gasteiger partial charge on any atom is 0.243 e. The molecule has 1 aromatic carbocycles. The number of benzene rings is 1. The molecule has 6 nitrogen and oxygen atoms in total. The monoisotopic (exact) mass is 329 g/mol. The third kappa shape index (κ3) is 3.01. The van der Waals surface area contributed by atoms with Crippen molar-refractivity contribution in [1.82, 2.24) is 15.2 Å². The fraction of sp³-hybridized carbons (Fsp3) is 0.444. The molecule has 1 saturated heterocycles. The van der Waals surface area contributed by atoms with E-state index in [4.69, 9.17) is 0 Å². The topological polar surface area (TPSA) is 85.4 Å². The van der Waals surface area contributed by atoms with Gasteiger partial charge in [-0.1, -0.05) is 6.07 Å². The summed E-state index contributed by atoms with van der Waals surface area (Å²) in [5.74, 6) is -0.407. The zero-order chi connectivity index (χ0) is 17.4. The van der Waals surface area contributed by atoms with Gasteiger partial charge in [-0.15, -0.1) is 0 Å². The molecule has 0 radical (unpaired) electrons. The van der Waals surface area contributed by atoms with Gasteiger partial charge in [-0.2, -0.15) is 0 Å². The van der Waals surface area contributed by atoms with E-state index in [0.29, 0.717) is 13.0 Å². The first kappa shape index (κ1) is 16.5. The number of aryl methyl sites for hydroxylation is 2. The second kappa shape index (κ2) is 6.28. The molecule has 3 N–H and O–H groups in total. The van der Waals surface area contributed by atoms with Crippen LogP contribution in [0.5, 0.6) is 0 Å². The molecule has 2 heterocycles. The molecule has 1 aliphatic heterocycles. The molecule has 1 aliphatic rings. The average molecular weight is 329 g/mol. The van der Waals surface area contributed by atoms with Gasteiger partial charge in [-0.25, -0.2) is 0 Å². The third-order valence-electron chi connectivity index (χ3n) is 4.83. The number of aromatic nitrogens is 1. The highest BCUT2D eigenvalue weighted by Gasteiger charge is 2.37. The molecule has 0 unspecified atom stereocenters. The van der Waals surface area contributed by atoms with E-state index in [1.54, 1.807) is 0 Å². The molecule has 0 saturated carbocycles. The molecule has 1 aromatic heterocycles. The molecular formula is C18H23N3O3. The molecule has 1 fully saturated rings. The summed E-state index contributed by atoms with van der Waals surface area (Å²) in [4.78, 5) is 28.8. The molecule has 0 spiro atoms. The summed E-state index contributed by atoms with van der Waals surface area (Å²) in [6.45, 7) is 6.15. The van der Waals surface area contributed by atoms with Gasteiger partial charge in [0.15, 0.2) is 0 Å². The molecule has 6 heteroatoms. The van der Waals surface area contributed by atoms with Gasteiger partial charge < -0.3 is 20.3 Å². The molecule has 2 amide bonds. The van der Waals surface area contributed by atoms with Crippen LogP contribution in [0.3, 0.4) is 0 Å². The number of carbonyl (C=O) groups excluding carboxylic acids is 2. The van der Waals surface area contributed by atoms with Crippen molar-refractivity contribution in [1.29, 1.82) is 0 Å². The Morgan fingerprint density at radius 3 is 2.83 bits per heavy atom. The Morgan fingerprint density at radius 2 is 2.12 bits per heavy atom. The Balaban J connectivity index is 1.70. The summed E-state index contributed by atoms with van der Waals surface area (Å²) in [5, 5.41) is 13.8. The van der Waals surface area contributed by atoms with Gasteiger partial charge in [0.05, 0.1) is 6.10 Å².